The van der Waals surface area contributed by atoms with Crippen molar-refractivity contribution < 1.29 is 14.2 Å². The Bertz CT molecular complexity index is 872. The van der Waals surface area contributed by atoms with Gasteiger partial charge in [0.05, 0.1) is 25.9 Å². The molecule has 1 N–H and O–H groups in total. The first-order valence-electron chi connectivity index (χ1n) is 8.61. The van der Waals surface area contributed by atoms with Crippen LogP contribution < -0.4 is 24.4 Å². The number of fused-ring (bicyclic) bond motifs is 4. The van der Waals surface area contributed by atoms with Gasteiger partial charge in [-0.1, -0.05) is 31.2 Å². The highest BCUT2D eigenvalue weighted by Crippen LogP contribution is 2.52. The molecule has 4 rings (SSSR count). The van der Waals surface area contributed by atoms with E-state index in [2.05, 4.69) is 25.2 Å². The number of hydrogen-bond donors (Lipinski definition) is 1. The monoisotopic (exact) mass is 370 g/mol. The van der Waals surface area contributed by atoms with Gasteiger partial charge in [-0.25, -0.2) is 0 Å². The lowest BCUT2D eigenvalue weighted by Crippen LogP contribution is -2.69. The number of benzene rings is 2. The van der Waals surface area contributed by atoms with Crippen molar-refractivity contribution in [3.05, 3.63) is 48.0 Å². The summed E-state index contributed by atoms with van der Waals surface area (Å²) in [6.07, 6.45) is 0. The van der Waals surface area contributed by atoms with E-state index in [0.29, 0.717) is 5.11 Å². The van der Waals surface area contributed by atoms with Gasteiger partial charge in [-0.05, 0) is 37.3 Å². The number of nitrogens with zero attached hydrogens (tertiary/aromatic N) is 1. The van der Waals surface area contributed by atoms with Gasteiger partial charge in [-0.15, -0.1) is 0 Å². The van der Waals surface area contributed by atoms with E-state index in [1.807, 2.05) is 41.3 Å². The molecule has 5 nitrogen and oxygen atoms in total. The fourth-order valence-corrected chi connectivity index (χ4v) is 4.35. The largest absolute Gasteiger partial charge is 0.495 e. The molecular formula is C20H22N2O3S. The summed E-state index contributed by atoms with van der Waals surface area (Å²) < 4.78 is 17.7. The summed E-state index contributed by atoms with van der Waals surface area (Å²) in [5.41, 5.74) is 1.26. The highest BCUT2D eigenvalue weighted by Gasteiger charge is 2.54. The number of thiocarbonyl (C=S) groups is 1. The minimum Gasteiger partial charge on any atom is -0.495 e. The molecule has 2 aromatic rings. The Labute approximate surface area is 158 Å². The molecule has 1 fully saturated rings. The van der Waals surface area contributed by atoms with E-state index < -0.39 is 5.72 Å². The fraction of sp³-hybridized carbons (Fsp3) is 0.350. The van der Waals surface area contributed by atoms with Crippen molar-refractivity contribution in [2.45, 2.75) is 25.6 Å². The Hall–Kier alpha value is -2.47. The molecule has 2 aliphatic rings. The van der Waals surface area contributed by atoms with Crippen LogP contribution in [-0.4, -0.2) is 25.1 Å². The first-order valence-corrected chi connectivity index (χ1v) is 9.01. The van der Waals surface area contributed by atoms with Crippen molar-refractivity contribution in [1.29, 1.82) is 0 Å². The second kappa shape index (κ2) is 6.06. The van der Waals surface area contributed by atoms with Gasteiger partial charge < -0.3 is 19.5 Å². The lowest BCUT2D eigenvalue weighted by molar-refractivity contribution is -0.00571. The maximum atomic E-state index is 6.58. The van der Waals surface area contributed by atoms with E-state index >= 15 is 0 Å². The van der Waals surface area contributed by atoms with Gasteiger partial charge in [0, 0.05) is 11.5 Å². The molecule has 0 spiro atoms. The zero-order chi connectivity index (χ0) is 18.5. The lowest BCUT2D eigenvalue weighted by atomic mass is 9.80. The normalized spacial score (nSPS) is 26.5. The van der Waals surface area contributed by atoms with Crippen LogP contribution in [0.1, 0.15) is 25.5 Å². The third-order valence-corrected chi connectivity index (χ3v) is 5.77. The van der Waals surface area contributed by atoms with Crippen LogP contribution in [0, 0.1) is 5.92 Å². The van der Waals surface area contributed by atoms with Gasteiger partial charge in [-0.2, -0.15) is 0 Å². The number of hydrogen-bond acceptors (Lipinski definition) is 4. The number of nitrogens with one attached hydrogen (secondary N) is 1. The van der Waals surface area contributed by atoms with Gasteiger partial charge >= 0.3 is 0 Å². The summed E-state index contributed by atoms with van der Waals surface area (Å²) >= 11 is 5.73. The number of methoxy groups -OCH3 is 2. The Kier molecular flexibility index (Phi) is 3.95. The van der Waals surface area contributed by atoms with Crippen LogP contribution in [0.15, 0.2) is 42.5 Å². The van der Waals surface area contributed by atoms with E-state index in [9.17, 15) is 0 Å². The van der Waals surface area contributed by atoms with Crippen molar-refractivity contribution in [1.82, 2.24) is 5.32 Å². The van der Waals surface area contributed by atoms with Crippen LogP contribution in [0.2, 0.25) is 0 Å². The molecule has 26 heavy (non-hydrogen) atoms. The van der Waals surface area contributed by atoms with Gasteiger partial charge in [0.15, 0.2) is 22.3 Å². The summed E-state index contributed by atoms with van der Waals surface area (Å²) in [6.45, 7) is 4.24. The van der Waals surface area contributed by atoms with Crippen molar-refractivity contribution >= 4 is 23.0 Å². The topological polar surface area (TPSA) is 43.0 Å². The zero-order valence-corrected chi connectivity index (χ0v) is 16.1. The first-order chi connectivity index (χ1) is 12.5. The van der Waals surface area contributed by atoms with E-state index in [-0.39, 0.29) is 12.0 Å². The van der Waals surface area contributed by atoms with Crippen LogP contribution >= 0.6 is 12.2 Å². The van der Waals surface area contributed by atoms with Crippen molar-refractivity contribution in [2.75, 3.05) is 19.1 Å². The maximum absolute atomic E-state index is 6.58. The summed E-state index contributed by atoms with van der Waals surface area (Å²) in [4.78, 5) is 2.01. The number of para-hydroxylation sites is 3. The second-order valence-electron chi connectivity index (χ2n) is 6.76. The van der Waals surface area contributed by atoms with Crippen molar-refractivity contribution in [3.63, 3.8) is 0 Å². The minimum absolute atomic E-state index is 0.0531. The van der Waals surface area contributed by atoms with E-state index in [4.69, 9.17) is 26.4 Å². The predicted molar refractivity (Wildman–Crippen MR) is 105 cm³/mol. The fourth-order valence-electron chi connectivity index (χ4n) is 3.94. The summed E-state index contributed by atoms with van der Waals surface area (Å²) in [6, 6.07) is 13.8. The van der Waals surface area contributed by atoms with E-state index in [1.165, 1.54) is 0 Å². The van der Waals surface area contributed by atoms with Crippen molar-refractivity contribution in [2.24, 2.45) is 5.92 Å². The third kappa shape index (κ3) is 2.25. The molecule has 0 saturated carbocycles. The van der Waals surface area contributed by atoms with Gasteiger partial charge in [0.25, 0.3) is 0 Å². The molecule has 0 aromatic heterocycles. The predicted octanol–water partition coefficient (Wildman–Crippen LogP) is 3.88. The molecule has 0 aliphatic carbocycles. The van der Waals surface area contributed by atoms with Crippen LogP contribution in [0.5, 0.6) is 17.2 Å². The lowest BCUT2D eigenvalue weighted by Gasteiger charge is -2.56. The minimum atomic E-state index is -0.677. The third-order valence-electron chi connectivity index (χ3n) is 5.47. The smallest absolute Gasteiger partial charge is 0.191 e. The Morgan fingerprint density at radius 3 is 2.50 bits per heavy atom. The van der Waals surface area contributed by atoms with Crippen LogP contribution in [-0.2, 0) is 0 Å². The summed E-state index contributed by atoms with van der Waals surface area (Å²) in [7, 11) is 3.32. The Morgan fingerprint density at radius 1 is 1.08 bits per heavy atom. The van der Waals surface area contributed by atoms with Gasteiger partial charge in [0.1, 0.15) is 5.75 Å². The average Bonchev–Trinajstić information content (AvgIpc) is 2.64. The molecule has 3 atom stereocenters. The second-order valence-corrected chi connectivity index (χ2v) is 7.15. The SMILES string of the molecule is COc1ccccc1N1C(=S)N[C@H]2c3cccc(OC)c3O[C@@]1(C)[C@H]2C. The first kappa shape index (κ1) is 17.0. The molecule has 2 heterocycles. The number of rotatable bonds is 3. The van der Waals surface area contributed by atoms with E-state index in [1.54, 1.807) is 14.2 Å². The molecule has 2 aliphatic heterocycles. The molecular weight excluding hydrogens is 348 g/mol. The Morgan fingerprint density at radius 2 is 1.77 bits per heavy atom. The Balaban J connectivity index is 1.89. The van der Waals surface area contributed by atoms with Crippen LogP contribution in [0.25, 0.3) is 0 Å². The molecule has 0 amide bonds. The van der Waals surface area contributed by atoms with Crippen molar-refractivity contribution in [3.8, 4) is 17.2 Å². The highest BCUT2D eigenvalue weighted by atomic mass is 32.1. The number of ether oxygens (including phenoxy) is 3. The molecule has 6 heteroatoms. The number of anilines is 1. The maximum Gasteiger partial charge on any atom is 0.191 e. The molecule has 0 radical (unpaired) electrons. The van der Waals surface area contributed by atoms with Gasteiger partial charge in [-0.3, -0.25) is 4.90 Å². The average molecular weight is 370 g/mol. The summed E-state index contributed by atoms with van der Waals surface area (Å²) in [5.74, 6) is 2.37. The standard InChI is InChI=1S/C20H22N2O3S/c1-12-17-13-8-7-11-16(24-4)18(13)25-20(12,2)22(19(26)21-17)14-9-5-6-10-15(14)23-3/h5-12,17H,1-4H3,(H,21,26)/t12-,17+,20-/m0/s1. The van der Waals surface area contributed by atoms with Crippen LogP contribution in [0.3, 0.4) is 0 Å². The highest BCUT2D eigenvalue weighted by molar-refractivity contribution is 7.80. The summed E-state index contributed by atoms with van der Waals surface area (Å²) in [5, 5.41) is 4.12. The van der Waals surface area contributed by atoms with Gasteiger partial charge in [0.2, 0.25) is 0 Å². The molecule has 2 bridgehead atoms. The molecule has 0 unspecified atom stereocenters. The quantitative estimate of drug-likeness (QED) is 0.827. The molecule has 1 saturated heterocycles. The molecule has 136 valence electrons. The van der Waals surface area contributed by atoms with Crippen LogP contribution in [0.4, 0.5) is 5.69 Å². The zero-order valence-electron chi connectivity index (χ0n) is 15.3. The van der Waals surface area contributed by atoms with E-state index in [0.717, 1.165) is 28.5 Å². The molecule has 2 aromatic carbocycles.